The molecular weight excluding hydrogens is 554 g/mol. The summed E-state index contributed by atoms with van der Waals surface area (Å²) in [7, 11) is 0. The van der Waals surface area contributed by atoms with Gasteiger partial charge in [-0.25, -0.2) is 10.6 Å². The molecule has 14 heteroatoms. The average molecular weight is 590 g/mol. The molecule has 2 rings (SSSR count). The maximum absolute atomic E-state index is 9.91. The predicted octanol–water partition coefficient (Wildman–Crippen LogP) is 2.38. The summed E-state index contributed by atoms with van der Waals surface area (Å²) >= 11 is 11.6. The van der Waals surface area contributed by atoms with Gasteiger partial charge in [-0.15, -0.1) is 24.8 Å². The molecule has 4 unspecified atom stereocenters. The fourth-order valence-electron chi connectivity index (χ4n) is 2.99. The molecule has 0 amide bonds. The zero-order chi connectivity index (χ0) is 24.8. The summed E-state index contributed by atoms with van der Waals surface area (Å²) in [5.74, 6) is 0. The van der Waals surface area contributed by atoms with Crippen LogP contribution in [-0.4, -0.2) is 58.9 Å². The molecule has 2 aromatic carbocycles. The van der Waals surface area contributed by atoms with Gasteiger partial charge in [-0.3, -0.25) is 10.6 Å². The van der Waals surface area contributed by atoms with E-state index < -0.39 is 25.4 Å². The van der Waals surface area contributed by atoms with Gasteiger partial charge in [-0.05, 0) is 74.5 Å². The molecule has 0 radical (unpaired) electrons. The highest BCUT2D eigenvalue weighted by Crippen LogP contribution is 2.14. The van der Waals surface area contributed by atoms with Crippen LogP contribution in [0.3, 0.4) is 0 Å². The summed E-state index contributed by atoms with van der Waals surface area (Å²) in [6.45, 7) is 1.14. The van der Waals surface area contributed by atoms with Gasteiger partial charge in [0, 0.05) is 21.4 Å². The number of unbranched alkanes of at least 4 members (excludes halogenated alkanes) is 3. The van der Waals surface area contributed by atoms with Crippen LogP contribution in [0.25, 0.3) is 0 Å². The van der Waals surface area contributed by atoms with E-state index in [-0.39, 0.29) is 24.8 Å². The summed E-state index contributed by atoms with van der Waals surface area (Å²) in [5, 5.41) is 57.3. The molecule has 0 saturated heterocycles. The van der Waals surface area contributed by atoms with Crippen molar-refractivity contribution in [2.75, 3.05) is 23.7 Å². The van der Waals surface area contributed by atoms with Crippen LogP contribution in [0, 0.1) is 0 Å². The van der Waals surface area contributed by atoms with Crippen LogP contribution >= 0.6 is 48.0 Å². The van der Waals surface area contributed by atoms with Gasteiger partial charge in [0.2, 0.25) is 0 Å². The number of halogens is 4. The van der Waals surface area contributed by atoms with Gasteiger partial charge in [0.05, 0.1) is 0 Å². The molecule has 4 atom stereocenters. The van der Waals surface area contributed by atoms with E-state index in [1.54, 1.807) is 48.5 Å². The second kappa shape index (κ2) is 19.9. The monoisotopic (exact) mass is 588 g/mol. The normalized spacial score (nSPS) is 14.1. The highest BCUT2D eigenvalue weighted by molar-refractivity contribution is 6.30. The minimum Gasteiger partial charge on any atom is -0.365 e. The average Bonchev–Trinajstić information content (AvgIpc) is 2.78. The number of benzene rings is 2. The quantitative estimate of drug-likeness (QED) is 0.0982. The Kier molecular flexibility index (Phi) is 19.3. The lowest BCUT2D eigenvalue weighted by Gasteiger charge is -2.21. The highest BCUT2D eigenvalue weighted by Gasteiger charge is 2.10. The van der Waals surface area contributed by atoms with E-state index in [9.17, 15) is 20.4 Å². The van der Waals surface area contributed by atoms with Crippen molar-refractivity contribution in [2.24, 2.45) is 0 Å². The number of aliphatic hydroxyl groups excluding tert-OH is 4. The van der Waals surface area contributed by atoms with Crippen LogP contribution in [0.15, 0.2) is 48.5 Å². The van der Waals surface area contributed by atoms with Gasteiger partial charge in [0.15, 0.2) is 25.4 Å². The number of hydrogen-bond acceptors (Lipinski definition) is 10. The zero-order valence-electron chi connectivity index (χ0n) is 19.5. The smallest absolute Gasteiger partial charge is 0.184 e. The second-order valence-corrected chi connectivity index (χ2v) is 8.44. The van der Waals surface area contributed by atoms with E-state index in [4.69, 9.17) is 23.2 Å². The van der Waals surface area contributed by atoms with Crippen molar-refractivity contribution in [1.29, 1.82) is 0 Å². The number of rotatable bonds is 17. The Morgan fingerprint density at radius 1 is 0.528 bits per heavy atom. The van der Waals surface area contributed by atoms with E-state index in [2.05, 4.69) is 31.9 Å². The van der Waals surface area contributed by atoms with Crippen LogP contribution in [0.1, 0.15) is 25.7 Å². The Balaban J connectivity index is 0.00000612. The van der Waals surface area contributed by atoms with Gasteiger partial charge < -0.3 is 31.1 Å². The molecule has 0 aromatic heterocycles. The summed E-state index contributed by atoms with van der Waals surface area (Å²) < 4.78 is 0. The van der Waals surface area contributed by atoms with Crippen LogP contribution in [0.2, 0.25) is 10.0 Å². The molecule has 0 aliphatic rings. The topological polar surface area (TPSA) is 153 Å². The van der Waals surface area contributed by atoms with E-state index in [0.29, 0.717) is 34.5 Å². The van der Waals surface area contributed by atoms with E-state index in [1.807, 2.05) is 0 Å². The van der Waals surface area contributed by atoms with Gasteiger partial charge >= 0.3 is 0 Å². The van der Waals surface area contributed by atoms with E-state index in [1.165, 1.54) is 0 Å². The SMILES string of the molecule is Cl.Cl.OC(NCCCCCCNC(O)NC(O)Nc1ccc(Cl)cc1)NC(O)Nc1ccc(Cl)cc1. The minimum atomic E-state index is -1.13. The molecule has 0 spiro atoms. The molecule has 2 aromatic rings. The molecule has 0 aliphatic heterocycles. The van der Waals surface area contributed by atoms with Gasteiger partial charge in [-0.1, -0.05) is 36.0 Å². The third kappa shape index (κ3) is 15.9. The summed E-state index contributed by atoms with van der Waals surface area (Å²) in [6, 6.07) is 13.7. The number of aliphatic hydroxyl groups is 4. The minimum absolute atomic E-state index is 0. The van der Waals surface area contributed by atoms with Gasteiger partial charge in [0.1, 0.15) is 0 Å². The summed E-state index contributed by atoms with van der Waals surface area (Å²) in [6.07, 6.45) is -0.858. The maximum Gasteiger partial charge on any atom is 0.184 e. The zero-order valence-corrected chi connectivity index (χ0v) is 22.7. The fourth-order valence-corrected chi connectivity index (χ4v) is 3.24. The van der Waals surface area contributed by atoms with Crippen molar-refractivity contribution in [3.05, 3.63) is 58.6 Å². The third-order valence-corrected chi connectivity index (χ3v) is 5.21. The largest absolute Gasteiger partial charge is 0.365 e. The van der Waals surface area contributed by atoms with Crippen molar-refractivity contribution < 1.29 is 20.4 Å². The molecule has 0 aliphatic carbocycles. The first kappa shape index (κ1) is 34.9. The van der Waals surface area contributed by atoms with Crippen molar-refractivity contribution in [1.82, 2.24) is 21.3 Å². The van der Waals surface area contributed by atoms with Crippen LogP contribution in [-0.2, 0) is 0 Å². The van der Waals surface area contributed by atoms with Crippen molar-refractivity contribution >= 4 is 59.4 Å². The van der Waals surface area contributed by atoms with Crippen LogP contribution in [0.5, 0.6) is 0 Å². The fraction of sp³-hybridized carbons (Fsp3) is 0.455. The number of anilines is 2. The van der Waals surface area contributed by atoms with Crippen molar-refractivity contribution in [3.63, 3.8) is 0 Å². The highest BCUT2D eigenvalue weighted by atomic mass is 35.5. The molecule has 10 N–H and O–H groups in total. The standard InChI is InChI=1S/C22H34Cl2N6O4.2ClH/c23-15-5-9-17(10-6-15)27-21(33)29-19(31)25-13-3-1-2-4-14-26-20(32)30-22(34)28-18-11-7-16(24)8-12-18;;/h5-12,19-22,25-34H,1-4,13-14H2;2*1H. The molecule has 0 fully saturated rings. The Morgan fingerprint density at radius 3 is 1.19 bits per heavy atom. The summed E-state index contributed by atoms with van der Waals surface area (Å²) in [4.78, 5) is 0. The first-order valence-corrected chi connectivity index (χ1v) is 11.8. The number of hydrogen-bond donors (Lipinski definition) is 10. The molecule has 0 bridgehead atoms. The lowest BCUT2D eigenvalue weighted by Crippen LogP contribution is -2.50. The lowest BCUT2D eigenvalue weighted by molar-refractivity contribution is 0.0342. The van der Waals surface area contributed by atoms with E-state index >= 15 is 0 Å². The Bertz CT molecular complexity index is 743. The first-order valence-electron chi connectivity index (χ1n) is 11.1. The van der Waals surface area contributed by atoms with Gasteiger partial charge in [-0.2, -0.15) is 0 Å². The molecular formula is C22H36Cl4N6O4. The Hall–Kier alpha value is -1.12. The molecule has 0 heterocycles. The Morgan fingerprint density at radius 2 is 0.861 bits per heavy atom. The second-order valence-electron chi connectivity index (χ2n) is 7.57. The van der Waals surface area contributed by atoms with Crippen molar-refractivity contribution in [2.45, 2.75) is 51.1 Å². The predicted molar refractivity (Wildman–Crippen MR) is 149 cm³/mol. The summed E-state index contributed by atoms with van der Waals surface area (Å²) in [5.41, 5.74) is 1.33. The first-order chi connectivity index (χ1) is 16.3. The number of nitrogens with one attached hydrogen (secondary N) is 6. The lowest BCUT2D eigenvalue weighted by atomic mass is 10.2. The van der Waals surface area contributed by atoms with Gasteiger partial charge in [0.25, 0.3) is 0 Å². The molecule has 10 nitrogen and oxygen atoms in total. The van der Waals surface area contributed by atoms with Crippen LogP contribution < -0.4 is 31.9 Å². The maximum atomic E-state index is 9.91. The third-order valence-electron chi connectivity index (χ3n) is 4.71. The molecule has 36 heavy (non-hydrogen) atoms. The molecule has 206 valence electrons. The van der Waals surface area contributed by atoms with E-state index in [0.717, 1.165) is 25.7 Å². The van der Waals surface area contributed by atoms with Crippen molar-refractivity contribution in [3.8, 4) is 0 Å². The Labute approximate surface area is 234 Å². The molecule has 0 saturated carbocycles. The van der Waals surface area contributed by atoms with Crippen LogP contribution in [0.4, 0.5) is 11.4 Å².